The minimum Gasteiger partial charge on any atom is -0.467 e. The molecule has 2 N–H and O–H groups in total. The van der Waals surface area contributed by atoms with Crippen LogP contribution in [0, 0.1) is 0 Å². The number of esters is 3. The van der Waals surface area contributed by atoms with Crippen molar-refractivity contribution in [1.82, 2.24) is 0 Å². The minimum atomic E-state index is -1.87. The Labute approximate surface area is 143 Å². The lowest BCUT2D eigenvalue weighted by molar-refractivity contribution is -0.162. The number of carbonyl (C=O) groups excluding carboxylic acids is 4. The molecule has 1 aromatic rings. The van der Waals surface area contributed by atoms with Gasteiger partial charge in [-0.05, 0) is 12.1 Å². The van der Waals surface area contributed by atoms with E-state index in [9.17, 15) is 19.2 Å². The number of carbonyl (C=O) groups is 4. The molecule has 0 fully saturated rings. The zero-order valence-corrected chi connectivity index (χ0v) is 13.9. The average Bonchev–Trinajstić information content (AvgIpc) is 2.63. The van der Waals surface area contributed by atoms with Gasteiger partial charge in [0.25, 0.3) is 0 Å². The maximum absolute atomic E-state index is 12.3. The number of nitrogens with zero attached hydrogens (tertiary/aromatic N) is 1. The third-order valence-corrected chi connectivity index (χ3v) is 3.03. The molecule has 10 nitrogen and oxygen atoms in total. The van der Waals surface area contributed by atoms with E-state index in [1.165, 1.54) is 18.2 Å². The van der Waals surface area contributed by atoms with Gasteiger partial charge < -0.3 is 24.7 Å². The monoisotopic (exact) mass is 354 g/mol. The molecule has 0 bridgehead atoms. The summed E-state index contributed by atoms with van der Waals surface area (Å²) in [4.78, 5) is 48.3. The highest BCUT2D eigenvalue weighted by Gasteiger charge is 2.41. The molecule has 0 saturated carbocycles. The van der Waals surface area contributed by atoms with Crippen molar-refractivity contribution >= 4 is 35.4 Å². The van der Waals surface area contributed by atoms with Crippen LogP contribution < -0.4 is 10.6 Å². The summed E-state index contributed by atoms with van der Waals surface area (Å²) in [6.45, 7) is -0.748. The molecule has 1 amide bonds. The molecule has 0 radical (unpaired) electrons. The van der Waals surface area contributed by atoms with Gasteiger partial charge in [0.15, 0.2) is 6.61 Å². The Balaban J connectivity index is 3.28. The molecule has 0 heterocycles. The van der Waals surface area contributed by atoms with Crippen LogP contribution in [0.3, 0.4) is 0 Å². The van der Waals surface area contributed by atoms with Crippen LogP contribution in [0.4, 0.5) is 16.2 Å². The lowest BCUT2D eigenvalue weighted by Gasteiger charge is -2.27. The number of nitrogens with two attached hydrogens (primary N) is 1. The molecule has 10 heteroatoms. The van der Waals surface area contributed by atoms with Gasteiger partial charge in [-0.2, -0.15) is 0 Å². The van der Waals surface area contributed by atoms with Crippen LogP contribution in [0.1, 0.15) is 0 Å². The first-order valence-corrected chi connectivity index (χ1v) is 6.90. The minimum absolute atomic E-state index is 0.0276. The summed E-state index contributed by atoms with van der Waals surface area (Å²) in [7, 11) is 3.18. The van der Waals surface area contributed by atoms with Crippen molar-refractivity contribution < 1.29 is 38.1 Å². The van der Waals surface area contributed by atoms with Gasteiger partial charge in [0, 0.05) is 0 Å². The van der Waals surface area contributed by atoms with E-state index in [0.29, 0.717) is 4.90 Å². The molecule has 1 atom stereocenters. The van der Waals surface area contributed by atoms with E-state index >= 15 is 0 Å². The van der Waals surface area contributed by atoms with E-state index in [1.807, 2.05) is 0 Å². The Bertz CT molecular complexity index is 661. The zero-order valence-electron chi connectivity index (χ0n) is 13.9. The topological polar surface area (TPSA) is 134 Å². The maximum Gasteiger partial charge on any atom is 0.415 e. The van der Waals surface area contributed by atoms with Crippen molar-refractivity contribution in [3.05, 3.63) is 24.3 Å². The maximum atomic E-state index is 12.3. The number of rotatable bonds is 6. The number of benzene rings is 1. The number of methoxy groups -OCH3 is 3. The molecule has 0 aromatic heterocycles. The quantitative estimate of drug-likeness (QED) is 0.326. The highest BCUT2D eigenvalue weighted by molar-refractivity contribution is 6.10. The largest absolute Gasteiger partial charge is 0.467 e. The molecule has 0 spiro atoms. The smallest absolute Gasteiger partial charge is 0.415 e. The second kappa shape index (κ2) is 9.11. The lowest BCUT2D eigenvalue weighted by Crippen LogP contribution is -2.52. The zero-order chi connectivity index (χ0) is 19.0. The van der Waals surface area contributed by atoms with E-state index in [-0.39, 0.29) is 11.4 Å². The number of para-hydroxylation sites is 2. The number of ether oxygens (including phenoxy) is 4. The summed E-state index contributed by atoms with van der Waals surface area (Å²) in [5, 5.41) is 0. The molecule has 136 valence electrons. The third-order valence-electron chi connectivity index (χ3n) is 3.03. The third kappa shape index (κ3) is 4.83. The van der Waals surface area contributed by atoms with E-state index in [1.54, 1.807) is 6.07 Å². The Hall–Kier alpha value is -3.30. The highest BCUT2D eigenvalue weighted by atomic mass is 16.6. The van der Waals surface area contributed by atoms with Gasteiger partial charge in [-0.15, -0.1) is 0 Å². The second-order valence-electron chi connectivity index (χ2n) is 4.51. The van der Waals surface area contributed by atoms with Crippen LogP contribution in [0.2, 0.25) is 0 Å². The van der Waals surface area contributed by atoms with Gasteiger partial charge in [0.05, 0.1) is 32.7 Å². The Morgan fingerprint density at radius 1 is 1.00 bits per heavy atom. The second-order valence-corrected chi connectivity index (χ2v) is 4.51. The summed E-state index contributed by atoms with van der Waals surface area (Å²) in [5.41, 5.74) is 5.94. The average molecular weight is 354 g/mol. The molecular weight excluding hydrogens is 336 g/mol. The molecule has 1 rings (SSSR count). The number of hydrogen-bond acceptors (Lipinski definition) is 9. The summed E-state index contributed by atoms with van der Waals surface area (Å²) in [6, 6.07) is 4.12. The SMILES string of the molecule is COC(=O)COC(=O)C(C(=O)OC)N(C(=O)OC)c1ccccc1N. The van der Waals surface area contributed by atoms with Crippen molar-refractivity contribution in [2.24, 2.45) is 0 Å². The number of nitrogen functional groups attached to an aromatic ring is 1. The van der Waals surface area contributed by atoms with Gasteiger partial charge >= 0.3 is 24.0 Å². The summed E-state index contributed by atoms with van der Waals surface area (Å²) >= 11 is 0. The molecule has 0 saturated heterocycles. The Morgan fingerprint density at radius 2 is 1.64 bits per heavy atom. The first kappa shape index (κ1) is 19.7. The molecule has 0 aliphatic rings. The van der Waals surface area contributed by atoms with Crippen LogP contribution in [0.25, 0.3) is 0 Å². The number of amides is 1. The van der Waals surface area contributed by atoms with E-state index < -0.39 is 36.6 Å². The van der Waals surface area contributed by atoms with E-state index in [4.69, 9.17) is 10.5 Å². The Kier molecular flexibility index (Phi) is 7.19. The van der Waals surface area contributed by atoms with Crippen molar-refractivity contribution in [2.75, 3.05) is 38.6 Å². The van der Waals surface area contributed by atoms with Crippen LogP contribution in [-0.4, -0.2) is 58.0 Å². The first-order chi connectivity index (χ1) is 11.9. The van der Waals surface area contributed by atoms with Crippen LogP contribution >= 0.6 is 0 Å². The standard InChI is InChI=1S/C15H18N2O8/c1-22-11(18)8-25-14(20)12(13(19)23-2)17(15(21)24-3)10-7-5-4-6-9(10)16/h4-7,12H,8,16H2,1-3H3. The summed E-state index contributed by atoms with van der Waals surface area (Å²) < 4.78 is 18.2. The van der Waals surface area contributed by atoms with Crippen LogP contribution in [0.5, 0.6) is 0 Å². The summed E-state index contributed by atoms with van der Waals surface area (Å²) in [6.07, 6.45) is -1.05. The highest BCUT2D eigenvalue weighted by Crippen LogP contribution is 2.26. The fourth-order valence-electron chi connectivity index (χ4n) is 1.83. The van der Waals surface area contributed by atoms with Gasteiger partial charge in [-0.3, -0.25) is 4.90 Å². The number of hydrogen-bond donors (Lipinski definition) is 1. The van der Waals surface area contributed by atoms with Crippen molar-refractivity contribution in [2.45, 2.75) is 6.04 Å². The molecule has 0 aliphatic carbocycles. The van der Waals surface area contributed by atoms with Crippen LogP contribution in [-0.2, 0) is 33.3 Å². The van der Waals surface area contributed by atoms with Crippen molar-refractivity contribution in [1.29, 1.82) is 0 Å². The van der Waals surface area contributed by atoms with E-state index in [2.05, 4.69) is 14.2 Å². The predicted molar refractivity (Wildman–Crippen MR) is 84.5 cm³/mol. The van der Waals surface area contributed by atoms with Crippen molar-refractivity contribution in [3.8, 4) is 0 Å². The number of anilines is 2. The fraction of sp³-hybridized carbons (Fsp3) is 0.333. The molecule has 1 aromatic carbocycles. The Morgan fingerprint density at radius 3 is 2.16 bits per heavy atom. The molecule has 1 unspecified atom stereocenters. The molecule has 0 aliphatic heterocycles. The summed E-state index contributed by atoms with van der Waals surface area (Å²) in [5.74, 6) is -3.17. The van der Waals surface area contributed by atoms with Gasteiger partial charge in [0.1, 0.15) is 0 Å². The van der Waals surface area contributed by atoms with Crippen LogP contribution in [0.15, 0.2) is 24.3 Å². The van der Waals surface area contributed by atoms with Gasteiger partial charge in [-0.25, -0.2) is 19.2 Å². The lowest BCUT2D eigenvalue weighted by atomic mass is 10.2. The molecular formula is C15H18N2O8. The van der Waals surface area contributed by atoms with Gasteiger partial charge in [0.2, 0.25) is 6.04 Å². The van der Waals surface area contributed by atoms with Gasteiger partial charge in [-0.1, -0.05) is 12.1 Å². The predicted octanol–water partition coefficient (Wildman–Crippen LogP) is 0.0994. The van der Waals surface area contributed by atoms with E-state index in [0.717, 1.165) is 21.3 Å². The first-order valence-electron chi connectivity index (χ1n) is 6.90. The van der Waals surface area contributed by atoms with Crippen molar-refractivity contribution in [3.63, 3.8) is 0 Å². The molecule has 25 heavy (non-hydrogen) atoms. The fourth-order valence-corrected chi connectivity index (χ4v) is 1.83. The normalized spacial score (nSPS) is 11.0.